The van der Waals surface area contributed by atoms with E-state index >= 15 is 0 Å². The van der Waals surface area contributed by atoms with Gasteiger partial charge in [-0.25, -0.2) is 4.99 Å². The number of ether oxygens (including phenoxy) is 1. The highest BCUT2D eigenvalue weighted by Gasteiger charge is 2.33. The molecule has 0 N–H and O–H groups in total. The van der Waals surface area contributed by atoms with Gasteiger partial charge >= 0.3 is 0 Å². The van der Waals surface area contributed by atoms with Crippen LogP contribution in [0.15, 0.2) is 40.6 Å². The zero-order chi connectivity index (χ0) is 11.8. The largest absolute Gasteiger partial charge is 0.440 e. The molecule has 0 unspecified atom stereocenters. The minimum atomic E-state index is -0.406. The summed E-state index contributed by atoms with van der Waals surface area (Å²) in [4.78, 5) is 4.47. The summed E-state index contributed by atoms with van der Waals surface area (Å²) >= 11 is 11.5. The van der Waals surface area contributed by atoms with Crippen molar-refractivity contribution in [2.24, 2.45) is 4.99 Å². The van der Waals surface area contributed by atoms with E-state index in [0.717, 1.165) is 5.56 Å². The molecule has 1 aliphatic rings. The van der Waals surface area contributed by atoms with E-state index in [2.05, 4.69) is 4.99 Å². The smallest absolute Gasteiger partial charge is 0.222 e. The number of hydrogen-bond donors (Lipinski definition) is 0. The van der Waals surface area contributed by atoms with Crippen LogP contribution in [-0.2, 0) is 4.74 Å². The van der Waals surface area contributed by atoms with Crippen LogP contribution in [0.2, 0.25) is 5.02 Å². The summed E-state index contributed by atoms with van der Waals surface area (Å²) in [6, 6.07) is 7.35. The highest BCUT2D eigenvalue weighted by Crippen LogP contribution is 2.31. The normalized spacial score (nSPS) is 20.8. The summed E-state index contributed by atoms with van der Waals surface area (Å²) in [7, 11) is 0. The number of benzene rings is 1. The van der Waals surface area contributed by atoms with Gasteiger partial charge in [-0.1, -0.05) is 23.2 Å². The third-order valence-corrected chi connectivity index (χ3v) is 2.83. The van der Waals surface area contributed by atoms with E-state index < -0.39 is 5.54 Å². The van der Waals surface area contributed by atoms with Crippen molar-refractivity contribution in [3.05, 3.63) is 46.1 Å². The van der Waals surface area contributed by atoms with Gasteiger partial charge in [0.15, 0.2) is 0 Å². The van der Waals surface area contributed by atoms with E-state index in [1.54, 1.807) is 12.1 Å². The van der Waals surface area contributed by atoms with Crippen molar-refractivity contribution in [3.63, 3.8) is 0 Å². The lowest BCUT2D eigenvalue weighted by Gasteiger charge is -2.11. The lowest BCUT2D eigenvalue weighted by atomic mass is 10.1. The van der Waals surface area contributed by atoms with E-state index in [1.165, 1.54) is 5.54 Å². The summed E-state index contributed by atoms with van der Waals surface area (Å²) in [6.07, 6.45) is 0. The summed E-state index contributed by atoms with van der Waals surface area (Å²) < 4.78 is 5.59. The van der Waals surface area contributed by atoms with Gasteiger partial charge in [-0.15, -0.1) is 0 Å². The van der Waals surface area contributed by atoms with Gasteiger partial charge in [0.2, 0.25) is 5.90 Å². The molecule has 0 bridgehead atoms. The topological polar surface area (TPSA) is 21.6 Å². The molecule has 0 fully saturated rings. The number of rotatable bonds is 1. The third kappa shape index (κ3) is 2.08. The van der Waals surface area contributed by atoms with Crippen molar-refractivity contribution < 1.29 is 4.74 Å². The van der Waals surface area contributed by atoms with Gasteiger partial charge in [-0.05, 0) is 38.1 Å². The van der Waals surface area contributed by atoms with Crippen LogP contribution in [0.3, 0.4) is 0 Å². The van der Waals surface area contributed by atoms with Crippen LogP contribution in [0, 0.1) is 0 Å². The number of nitrogens with zero attached hydrogens (tertiary/aromatic N) is 1. The van der Waals surface area contributed by atoms with Crippen LogP contribution in [0.1, 0.15) is 19.4 Å². The first-order valence-electron chi connectivity index (χ1n) is 4.87. The number of halogens is 2. The van der Waals surface area contributed by atoms with Gasteiger partial charge in [0, 0.05) is 16.1 Å². The number of aliphatic imine (C=N–C) groups is 1. The zero-order valence-corrected chi connectivity index (χ0v) is 10.5. The Hall–Kier alpha value is -0.990. The Kier molecular flexibility index (Phi) is 2.96. The van der Waals surface area contributed by atoms with Crippen molar-refractivity contribution in [3.8, 4) is 0 Å². The molecule has 0 atom stereocenters. The minimum Gasteiger partial charge on any atom is -0.440 e. The molecule has 0 aliphatic carbocycles. The van der Waals surface area contributed by atoms with Crippen molar-refractivity contribution in [2.45, 2.75) is 19.4 Å². The monoisotopic (exact) mass is 255 g/mol. The summed E-state index contributed by atoms with van der Waals surface area (Å²) in [5, 5.41) is 0.690. The lowest BCUT2D eigenvalue weighted by molar-refractivity contribution is 0.383. The predicted molar refractivity (Wildman–Crippen MR) is 67.1 cm³/mol. The van der Waals surface area contributed by atoms with Crippen LogP contribution in [0.25, 0.3) is 0 Å². The first kappa shape index (κ1) is 11.5. The van der Waals surface area contributed by atoms with Gasteiger partial charge < -0.3 is 4.74 Å². The summed E-state index contributed by atoms with van der Waals surface area (Å²) in [6.45, 7) is 3.90. The molecule has 84 valence electrons. The average Bonchev–Trinajstić information content (AvgIpc) is 2.54. The molecule has 1 aromatic carbocycles. The Morgan fingerprint density at radius 1 is 1.25 bits per heavy atom. The highest BCUT2D eigenvalue weighted by atomic mass is 35.5. The van der Waals surface area contributed by atoms with Gasteiger partial charge in [-0.2, -0.15) is 0 Å². The second kappa shape index (κ2) is 4.11. The molecular weight excluding hydrogens is 245 g/mol. The summed E-state index contributed by atoms with van der Waals surface area (Å²) in [5.74, 6) is 1.23. The molecular formula is C12H11Cl2NO. The molecule has 2 nitrogen and oxygen atoms in total. The Bertz CT molecular complexity index is 460. The van der Waals surface area contributed by atoms with Crippen LogP contribution < -0.4 is 0 Å². The Labute approximate surface area is 105 Å². The molecule has 0 saturated carbocycles. The molecule has 1 aromatic rings. The highest BCUT2D eigenvalue weighted by molar-refractivity contribution is 6.30. The van der Waals surface area contributed by atoms with E-state index in [1.807, 2.05) is 26.0 Å². The SMILES string of the molecule is CC1(C)N=C(c2ccc(Cl)cc2)O/C1=C\Cl. The van der Waals surface area contributed by atoms with E-state index in [9.17, 15) is 0 Å². The molecule has 16 heavy (non-hydrogen) atoms. The zero-order valence-electron chi connectivity index (χ0n) is 9.00. The molecule has 1 heterocycles. The maximum absolute atomic E-state index is 5.82. The van der Waals surface area contributed by atoms with E-state index in [0.29, 0.717) is 16.7 Å². The maximum atomic E-state index is 5.82. The first-order valence-corrected chi connectivity index (χ1v) is 5.69. The Morgan fingerprint density at radius 3 is 2.38 bits per heavy atom. The van der Waals surface area contributed by atoms with Crippen LogP contribution >= 0.6 is 23.2 Å². The minimum absolute atomic E-state index is 0.406. The van der Waals surface area contributed by atoms with Crippen molar-refractivity contribution in [2.75, 3.05) is 0 Å². The van der Waals surface area contributed by atoms with Gasteiger partial charge in [0.25, 0.3) is 0 Å². The molecule has 0 radical (unpaired) electrons. The van der Waals surface area contributed by atoms with Crippen LogP contribution in [-0.4, -0.2) is 11.4 Å². The molecule has 0 saturated heterocycles. The molecule has 0 spiro atoms. The fourth-order valence-electron chi connectivity index (χ4n) is 1.43. The molecule has 4 heteroatoms. The van der Waals surface area contributed by atoms with E-state index in [4.69, 9.17) is 27.9 Å². The standard InChI is InChI=1S/C12H11Cl2NO/c1-12(2)10(7-13)16-11(15-12)8-3-5-9(14)6-4-8/h3-7H,1-2H3/b10-7-. The first-order chi connectivity index (χ1) is 7.53. The molecule has 0 amide bonds. The molecule has 1 aliphatic heterocycles. The van der Waals surface area contributed by atoms with Gasteiger partial charge in [-0.3, -0.25) is 0 Å². The third-order valence-electron chi connectivity index (χ3n) is 2.38. The molecule has 2 rings (SSSR count). The second-order valence-corrected chi connectivity index (χ2v) is 4.71. The van der Waals surface area contributed by atoms with Gasteiger partial charge in [0.1, 0.15) is 11.3 Å². The lowest BCUT2D eigenvalue weighted by Crippen LogP contribution is -2.15. The van der Waals surface area contributed by atoms with Crippen molar-refractivity contribution in [1.82, 2.24) is 0 Å². The fraction of sp³-hybridized carbons (Fsp3) is 0.250. The predicted octanol–water partition coefficient (Wildman–Crippen LogP) is 3.98. The van der Waals surface area contributed by atoms with Gasteiger partial charge in [0.05, 0.1) is 0 Å². The van der Waals surface area contributed by atoms with Crippen molar-refractivity contribution in [1.29, 1.82) is 0 Å². The summed E-state index contributed by atoms with van der Waals surface area (Å²) in [5.41, 5.74) is 1.91. The molecule has 0 aromatic heterocycles. The van der Waals surface area contributed by atoms with E-state index in [-0.39, 0.29) is 0 Å². The van der Waals surface area contributed by atoms with Crippen LogP contribution in [0.5, 0.6) is 0 Å². The fourth-order valence-corrected chi connectivity index (χ4v) is 1.87. The quantitative estimate of drug-likeness (QED) is 0.744. The van der Waals surface area contributed by atoms with Crippen LogP contribution in [0.4, 0.5) is 0 Å². The average molecular weight is 256 g/mol. The number of hydrogen-bond acceptors (Lipinski definition) is 2. The Morgan fingerprint density at radius 2 is 1.88 bits per heavy atom. The Balaban J connectivity index is 2.35. The second-order valence-electron chi connectivity index (χ2n) is 4.06. The van der Waals surface area contributed by atoms with Crippen molar-refractivity contribution >= 4 is 29.1 Å². The maximum Gasteiger partial charge on any atom is 0.222 e.